The Morgan fingerprint density at radius 2 is 1.39 bits per heavy atom. The van der Waals surface area contributed by atoms with Crippen molar-refractivity contribution < 1.29 is 23.7 Å². The Labute approximate surface area is 137 Å². The Bertz CT molecular complexity index is 396. The van der Waals surface area contributed by atoms with Crippen LogP contribution in [0.1, 0.15) is 38.5 Å². The summed E-state index contributed by atoms with van der Waals surface area (Å²) in [5, 5.41) is 0. The van der Waals surface area contributed by atoms with Crippen LogP contribution in [0.25, 0.3) is 0 Å². The standard InChI is InChI=1S/C12H18O2.C6H10O3/c1-2-9-12(10(3-1)14-9)7-4-5-8-11(6-7)13-8;1(5-3-8-5)7-2-6-4-9-6/h7-12H,1-6H2;5-6H,1-4H2. The zero-order chi connectivity index (χ0) is 15.2. The number of fused-ring (bicyclic) bond motifs is 3. The summed E-state index contributed by atoms with van der Waals surface area (Å²) in [5.41, 5.74) is 0. The monoisotopic (exact) mass is 324 g/mol. The molecule has 130 valence electrons. The molecule has 2 aliphatic carbocycles. The molecule has 5 heterocycles. The predicted molar refractivity (Wildman–Crippen MR) is 82.3 cm³/mol. The van der Waals surface area contributed by atoms with E-state index in [0.29, 0.717) is 36.6 Å². The van der Waals surface area contributed by atoms with Gasteiger partial charge in [0.2, 0.25) is 0 Å². The summed E-state index contributed by atoms with van der Waals surface area (Å²) in [6.07, 6.45) is 11.5. The number of rotatable bonds is 5. The molecular formula is C18H28O5. The molecule has 0 N–H and O–H groups in total. The van der Waals surface area contributed by atoms with E-state index in [9.17, 15) is 0 Å². The van der Waals surface area contributed by atoms with Crippen LogP contribution in [-0.2, 0) is 23.7 Å². The molecule has 0 spiro atoms. The molecule has 0 aromatic carbocycles. The number of epoxide rings is 3. The van der Waals surface area contributed by atoms with E-state index in [1.807, 2.05) is 0 Å². The fourth-order valence-corrected chi connectivity index (χ4v) is 4.65. The lowest BCUT2D eigenvalue weighted by Gasteiger charge is -2.53. The Morgan fingerprint density at radius 3 is 1.96 bits per heavy atom. The second-order valence-electron chi connectivity index (χ2n) is 7.96. The van der Waals surface area contributed by atoms with Crippen molar-refractivity contribution >= 4 is 0 Å². The van der Waals surface area contributed by atoms with E-state index in [4.69, 9.17) is 23.7 Å². The summed E-state index contributed by atoms with van der Waals surface area (Å²) in [6.45, 7) is 3.26. The lowest BCUT2D eigenvalue weighted by molar-refractivity contribution is -0.232. The van der Waals surface area contributed by atoms with Crippen molar-refractivity contribution in [2.45, 2.75) is 75.1 Å². The zero-order valence-electron chi connectivity index (χ0n) is 13.7. The summed E-state index contributed by atoms with van der Waals surface area (Å²) in [7, 11) is 0. The smallest absolute Gasteiger partial charge is 0.104 e. The van der Waals surface area contributed by atoms with Gasteiger partial charge in [-0.15, -0.1) is 0 Å². The Balaban J connectivity index is 0.000000117. The topological polar surface area (TPSA) is 56.0 Å². The molecule has 0 radical (unpaired) electrons. The first-order valence-electron chi connectivity index (χ1n) is 9.48. The fraction of sp³-hybridized carbons (Fsp3) is 1.00. The summed E-state index contributed by atoms with van der Waals surface area (Å²) < 4.78 is 26.6. The van der Waals surface area contributed by atoms with E-state index in [-0.39, 0.29) is 0 Å². The third-order valence-electron chi connectivity index (χ3n) is 6.19. The third kappa shape index (κ3) is 3.59. The highest BCUT2D eigenvalue weighted by atomic mass is 16.6. The molecule has 23 heavy (non-hydrogen) atoms. The molecular weight excluding hydrogens is 296 g/mol. The van der Waals surface area contributed by atoms with E-state index in [1.54, 1.807) is 0 Å². The Morgan fingerprint density at radius 1 is 0.739 bits per heavy atom. The lowest BCUT2D eigenvalue weighted by atomic mass is 9.67. The average molecular weight is 324 g/mol. The van der Waals surface area contributed by atoms with Gasteiger partial charge in [-0.1, -0.05) is 0 Å². The maximum absolute atomic E-state index is 5.85. The second kappa shape index (κ2) is 6.26. The van der Waals surface area contributed by atoms with Gasteiger partial charge in [0.25, 0.3) is 0 Å². The highest BCUT2D eigenvalue weighted by Gasteiger charge is 2.53. The van der Waals surface area contributed by atoms with Gasteiger partial charge in [-0.05, 0) is 44.4 Å². The van der Waals surface area contributed by atoms with Crippen LogP contribution in [0.5, 0.6) is 0 Å². The molecule has 7 rings (SSSR count). The quantitative estimate of drug-likeness (QED) is 0.723. The summed E-state index contributed by atoms with van der Waals surface area (Å²) in [6, 6.07) is 0. The number of hydrogen-bond donors (Lipinski definition) is 0. The third-order valence-corrected chi connectivity index (χ3v) is 6.19. The van der Waals surface area contributed by atoms with Gasteiger partial charge in [-0.25, -0.2) is 0 Å². The minimum absolute atomic E-state index is 0.392. The van der Waals surface area contributed by atoms with Gasteiger partial charge >= 0.3 is 0 Å². The van der Waals surface area contributed by atoms with Crippen LogP contribution in [0, 0.1) is 11.8 Å². The molecule has 7 atom stereocenters. The van der Waals surface area contributed by atoms with E-state index < -0.39 is 0 Å². The zero-order valence-corrected chi connectivity index (χ0v) is 13.7. The van der Waals surface area contributed by atoms with Crippen LogP contribution >= 0.6 is 0 Å². The molecule has 0 amide bonds. The highest BCUT2D eigenvalue weighted by molar-refractivity contribution is 5.01. The maximum atomic E-state index is 5.85. The summed E-state index contributed by atoms with van der Waals surface area (Å²) >= 11 is 0. The first kappa shape index (κ1) is 15.1. The molecule has 7 aliphatic rings. The van der Waals surface area contributed by atoms with Crippen LogP contribution in [-0.4, -0.2) is 63.1 Å². The minimum atomic E-state index is 0.392. The van der Waals surface area contributed by atoms with E-state index >= 15 is 0 Å². The molecule has 0 aromatic rings. The molecule has 2 bridgehead atoms. The number of ether oxygens (including phenoxy) is 5. The minimum Gasteiger partial charge on any atom is -0.376 e. The molecule has 5 saturated heterocycles. The Hall–Kier alpha value is -0.200. The van der Waals surface area contributed by atoms with Gasteiger partial charge in [0, 0.05) is 5.92 Å². The molecule has 5 nitrogen and oxygen atoms in total. The van der Waals surface area contributed by atoms with Gasteiger partial charge in [-0.2, -0.15) is 0 Å². The van der Waals surface area contributed by atoms with Crippen LogP contribution in [0.2, 0.25) is 0 Å². The van der Waals surface area contributed by atoms with Crippen LogP contribution in [0.4, 0.5) is 0 Å². The fourth-order valence-electron chi connectivity index (χ4n) is 4.65. The van der Waals surface area contributed by atoms with Crippen molar-refractivity contribution in [3.05, 3.63) is 0 Å². The lowest BCUT2D eigenvalue weighted by Crippen LogP contribution is -2.55. The molecule has 7 fully saturated rings. The van der Waals surface area contributed by atoms with Gasteiger partial charge < -0.3 is 23.7 Å². The molecule has 2 saturated carbocycles. The van der Waals surface area contributed by atoms with E-state index in [0.717, 1.165) is 38.3 Å². The second-order valence-corrected chi connectivity index (χ2v) is 7.96. The SMILES string of the molecule is C(OCC1CO1)C1CO1.C1CC2OC(C1)C2C1CCC2OC2C1. The number of hydrogen-bond acceptors (Lipinski definition) is 5. The van der Waals surface area contributed by atoms with Crippen LogP contribution < -0.4 is 0 Å². The molecule has 5 heteroatoms. The Kier molecular flexibility index (Phi) is 4.11. The van der Waals surface area contributed by atoms with Crippen molar-refractivity contribution in [3.63, 3.8) is 0 Å². The van der Waals surface area contributed by atoms with Crippen LogP contribution in [0.15, 0.2) is 0 Å². The maximum Gasteiger partial charge on any atom is 0.104 e. The molecule has 0 aromatic heterocycles. The summed E-state index contributed by atoms with van der Waals surface area (Å²) in [5.74, 6) is 1.84. The highest BCUT2D eigenvalue weighted by Crippen LogP contribution is 2.51. The van der Waals surface area contributed by atoms with Crippen molar-refractivity contribution in [1.82, 2.24) is 0 Å². The van der Waals surface area contributed by atoms with Crippen molar-refractivity contribution in [2.75, 3.05) is 26.4 Å². The van der Waals surface area contributed by atoms with Crippen molar-refractivity contribution in [1.29, 1.82) is 0 Å². The average Bonchev–Trinajstić information content (AvgIpc) is 3.44. The summed E-state index contributed by atoms with van der Waals surface area (Å²) in [4.78, 5) is 0. The van der Waals surface area contributed by atoms with Crippen molar-refractivity contribution in [2.24, 2.45) is 11.8 Å². The van der Waals surface area contributed by atoms with Crippen LogP contribution in [0.3, 0.4) is 0 Å². The largest absolute Gasteiger partial charge is 0.376 e. The van der Waals surface area contributed by atoms with Crippen molar-refractivity contribution in [3.8, 4) is 0 Å². The van der Waals surface area contributed by atoms with Gasteiger partial charge in [0.1, 0.15) is 12.2 Å². The normalized spacial score (nSPS) is 51.7. The van der Waals surface area contributed by atoms with Gasteiger partial charge in [0.15, 0.2) is 0 Å². The molecule has 5 aliphatic heterocycles. The van der Waals surface area contributed by atoms with E-state index in [2.05, 4.69) is 0 Å². The molecule has 7 unspecified atom stereocenters. The first-order valence-corrected chi connectivity index (χ1v) is 9.48. The van der Waals surface area contributed by atoms with Gasteiger partial charge in [-0.3, -0.25) is 0 Å². The van der Waals surface area contributed by atoms with Gasteiger partial charge in [0.05, 0.1) is 50.8 Å². The predicted octanol–water partition coefficient (Wildman–Crippen LogP) is 1.92. The van der Waals surface area contributed by atoms with E-state index in [1.165, 1.54) is 38.5 Å². The first-order chi connectivity index (χ1) is 11.4.